The Morgan fingerprint density at radius 3 is 2.28 bits per heavy atom. The normalized spacial score (nSPS) is 17.2. The first-order chi connectivity index (χ1) is 11.8. The van der Waals surface area contributed by atoms with Gasteiger partial charge in [0.25, 0.3) is 5.91 Å². The molecule has 1 atom stereocenters. The summed E-state index contributed by atoms with van der Waals surface area (Å²) in [5.41, 5.74) is -1.21. The van der Waals surface area contributed by atoms with Gasteiger partial charge in [0.2, 0.25) is 0 Å². The molecule has 0 spiro atoms. The van der Waals surface area contributed by atoms with Crippen molar-refractivity contribution in [2.75, 3.05) is 7.05 Å². The number of rotatable bonds is 4. The molecule has 25 heavy (non-hydrogen) atoms. The zero-order valence-electron chi connectivity index (χ0n) is 14.2. The second-order valence-electron chi connectivity index (χ2n) is 6.31. The Bertz CT molecular complexity index is 689. The van der Waals surface area contributed by atoms with Crippen LogP contribution in [0.25, 0.3) is 0 Å². The van der Waals surface area contributed by atoms with Crippen molar-refractivity contribution >= 4 is 11.9 Å². The molecule has 0 bridgehead atoms. The lowest BCUT2D eigenvalue weighted by molar-refractivity contribution is -0.143. The zero-order valence-corrected chi connectivity index (χ0v) is 14.2. The van der Waals surface area contributed by atoms with Crippen molar-refractivity contribution in [2.45, 2.75) is 50.7 Å². The molecular weight excluding hydrogens is 330 g/mol. The molecule has 0 aliphatic heterocycles. The van der Waals surface area contributed by atoms with Gasteiger partial charge in [-0.05, 0) is 31.9 Å². The van der Waals surface area contributed by atoms with Crippen LogP contribution in [-0.2, 0) is 9.53 Å². The summed E-state index contributed by atoms with van der Waals surface area (Å²) in [5, 5.41) is 9.53. The fourth-order valence-electron chi connectivity index (χ4n) is 3.09. The molecule has 5 nitrogen and oxygen atoms in total. The first-order valence-electron chi connectivity index (χ1n) is 8.15. The van der Waals surface area contributed by atoms with Gasteiger partial charge in [-0.25, -0.2) is 13.6 Å². The van der Waals surface area contributed by atoms with Crippen molar-refractivity contribution in [3.05, 3.63) is 35.4 Å². The first kappa shape index (κ1) is 18.8. The number of esters is 1. The molecule has 1 amide bonds. The molecule has 1 aliphatic rings. The fraction of sp³-hybridized carbons (Fsp3) is 0.500. The third-order valence-electron chi connectivity index (χ3n) is 4.59. The number of nitrogens with zero attached hydrogens (tertiary/aromatic N) is 2. The quantitative estimate of drug-likeness (QED) is 0.782. The summed E-state index contributed by atoms with van der Waals surface area (Å²) in [6.07, 6.45) is 2.68. The van der Waals surface area contributed by atoms with Crippen LogP contribution in [0.5, 0.6) is 0 Å². The summed E-state index contributed by atoms with van der Waals surface area (Å²) < 4.78 is 31.4. The van der Waals surface area contributed by atoms with E-state index in [0.29, 0.717) is 18.9 Å². The molecule has 2 rings (SSSR count). The Labute approximate surface area is 145 Å². The van der Waals surface area contributed by atoms with Crippen LogP contribution in [0.4, 0.5) is 8.78 Å². The third-order valence-corrected chi connectivity index (χ3v) is 4.59. The molecule has 1 aliphatic carbocycles. The van der Waals surface area contributed by atoms with Crippen LogP contribution in [0.3, 0.4) is 0 Å². The summed E-state index contributed by atoms with van der Waals surface area (Å²) in [7, 11) is 1.52. The molecule has 1 aromatic rings. The van der Waals surface area contributed by atoms with E-state index in [9.17, 15) is 23.6 Å². The maximum Gasteiger partial charge on any atom is 0.339 e. The van der Waals surface area contributed by atoms with Gasteiger partial charge in [-0.2, -0.15) is 5.26 Å². The SMILES string of the molecule is C[C@H](OC(=O)c1cc(F)cc(F)c1)C(=O)N(C)C1(C#N)CCCCC1. The average Bonchev–Trinajstić information content (AvgIpc) is 2.60. The molecule has 1 aromatic carbocycles. The Morgan fingerprint density at radius 2 is 1.76 bits per heavy atom. The Hall–Kier alpha value is -2.49. The van der Waals surface area contributed by atoms with Gasteiger partial charge in [0.1, 0.15) is 17.2 Å². The smallest absolute Gasteiger partial charge is 0.339 e. The van der Waals surface area contributed by atoms with Gasteiger partial charge in [-0.3, -0.25) is 4.79 Å². The van der Waals surface area contributed by atoms with E-state index in [2.05, 4.69) is 6.07 Å². The van der Waals surface area contributed by atoms with E-state index in [1.165, 1.54) is 18.9 Å². The monoisotopic (exact) mass is 350 g/mol. The van der Waals surface area contributed by atoms with Crippen LogP contribution in [0.2, 0.25) is 0 Å². The molecule has 0 unspecified atom stereocenters. The summed E-state index contributed by atoms with van der Waals surface area (Å²) in [5.74, 6) is -3.33. The van der Waals surface area contributed by atoms with Crippen LogP contribution in [0.15, 0.2) is 18.2 Å². The summed E-state index contributed by atoms with van der Waals surface area (Å²) >= 11 is 0. The summed E-state index contributed by atoms with van der Waals surface area (Å²) in [4.78, 5) is 25.9. The van der Waals surface area contributed by atoms with Crippen LogP contribution in [0, 0.1) is 23.0 Å². The van der Waals surface area contributed by atoms with E-state index in [1.807, 2.05) is 0 Å². The van der Waals surface area contributed by atoms with Crippen LogP contribution in [0.1, 0.15) is 49.4 Å². The van der Waals surface area contributed by atoms with Gasteiger partial charge in [0.05, 0.1) is 11.6 Å². The number of likely N-dealkylation sites (N-methyl/N-ethyl adjacent to an activating group) is 1. The van der Waals surface area contributed by atoms with Crippen molar-refractivity contribution in [2.24, 2.45) is 0 Å². The van der Waals surface area contributed by atoms with E-state index < -0.39 is 35.2 Å². The molecule has 0 aromatic heterocycles. The first-order valence-corrected chi connectivity index (χ1v) is 8.15. The molecule has 7 heteroatoms. The molecule has 0 N–H and O–H groups in total. The molecule has 134 valence electrons. The standard InChI is InChI=1S/C18H20F2N2O3/c1-12(25-17(24)13-8-14(19)10-15(20)9-13)16(23)22(2)18(11-21)6-4-3-5-7-18/h8-10,12H,3-7H2,1-2H3/t12-/m0/s1. The minimum atomic E-state index is -1.17. The molecule has 0 saturated heterocycles. The number of hydrogen-bond donors (Lipinski definition) is 0. The van der Waals surface area contributed by atoms with E-state index in [1.54, 1.807) is 0 Å². The summed E-state index contributed by atoms with van der Waals surface area (Å²) in [6.45, 7) is 1.38. The molecule has 0 heterocycles. The highest BCUT2D eigenvalue weighted by Crippen LogP contribution is 2.33. The largest absolute Gasteiger partial charge is 0.449 e. The average molecular weight is 350 g/mol. The van der Waals surface area contributed by atoms with Gasteiger partial charge in [-0.1, -0.05) is 19.3 Å². The minimum Gasteiger partial charge on any atom is -0.449 e. The lowest BCUT2D eigenvalue weighted by Gasteiger charge is -2.39. The number of carbonyl (C=O) groups excluding carboxylic acids is 2. The minimum absolute atomic E-state index is 0.313. The second-order valence-corrected chi connectivity index (χ2v) is 6.31. The second kappa shape index (κ2) is 7.60. The highest BCUT2D eigenvalue weighted by molar-refractivity contribution is 5.92. The topological polar surface area (TPSA) is 70.4 Å². The zero-order chi connectivity index (χ0) is 18.6. The maximum atomic E-state index is 13.2. The lowest BCUT2D eigenvalue weighted by atomic mass is 9.81. The number of ether oxygens (including phenoxy) is 1. The molecular formula is C18H20F2N2O3. The van der Waals surface area contributed by atoms with E-state index in [0.717, 1.165) is 31.4 Å². The van der Waals surface area contributed by atoms with Crippen molar-refractivity contribution in [1.82, 2.24) is 4.90 Å². The highest BCUT2D eigenvalue weighted by Gasteiger charge is 2.40. The van der Waals surface area contributed by atoms with Gasteiger partial charge in [-0.15, -0.1) is 0 Å². The highest BCUT2D eigenvalue weighted by atomic mass is 19.1. The number of nitriles is 1. The number of benzene rings is 1. The third kappa shape index (κ3) is 4.13. The predicted molar refractivity (Wildman–Crippen MR) is 85.4 cm³/mol. The Kier molecular flexibility index (Phi) is 5.73. The number of halogens is 2. The lowest BCUT2D eigenvalue weighted by Crippen LogP contribution is -2.53. The molecule has 1 saturated carbocycles. The van der Waals surface area contributed by atoms with Gasteiger partial charge in [0, 0.05) is 13.1 Å². The maximum absolute atomic E-state index is 13.2. The van der Waals surface area contributed by atoms with E-state index in [-0.39, 0.29) is 5.56 Å². The van der Waals surface area contributed by atoms with Gasteiger partial charge < -0.3 is 9.64 Å². The van der Waals surface area contributed by atoms with E-state index >= 15 is 0 Å². The number of hydrogen-bond acceptors (Lipinski definition) is 4. The fourth-order valence-corrected chi connectivity index (χ4v) is 3.09. The van der Waals surface area contributed by atoms with Gasteiger partial charge >= 0.3 is 5.97 Å². The van der Waals surface area contributed by atoms with Crippen LogP contribution < -0.4 is 0 Å². The predicted octanol–water partition coefficient (Wildman–Crippen LogP) is 3.19. The van der Waals surface area contributed by atoms with Gasteiger partial charge in [0.15, 0.2) is 6.10 Å². The summed E-state index contributed by atoms with van der Waals surface area (Å²) in [6, 6.07) is 4.53. The van der Waals surface area contributed by atoms with Crippen LogP contribution >= 0.6 is 0 Å². The molecule has 1 fully saturated rings. The van der Waals surface area contributed by atoms with Crippen molar-refractivity contribution in [3.8, 4) is 6.07 Å². The van der Waals surface area contributed by atoms with Crippen molar-refractivity contribution in [1.29, 1.82) is 5.26 Å². The van der Waals surface area contributed by atoms with E-state index in [4.69, 9.17) is 4.74 Å². The number of amides is 1. The van der Waals surface area contributed by atoms with Crippen molar-refractivity contribution in [3.63, 3.8) is 0 Å². The Morgan fingerprint density at radius 1 is 1.20 bits per heavy atom. The number of carbonyl (C=O) groups is 2. The Balaban J connectivity index is 2.08. The molecule has 0 radical (unpaired) electrons. The van der Waals surface area contributed by atoms with Crippen molar-refractivity contribution < 1.29 is 23.1 Å². The van der Waals surface area contributed by atoms with Crippen LogP contribution in [-0.4, -0.2) is 35.5 Å².